The third-order valence-electron chi connectivity index (χ3n) is 6.89. The zero-order chi connectivity index (χ0) is 25.1. The standard InChI is InChI=1S/C26H32ClN5O2S/c1-14(34-13-18-8-6-5-7-9-18)10-21-17(4)29-25(35-21)22-23(27)31-26(28)32-24(22)30-20-11-19(12-33)15(2)16(20)3/h5-10,15-16,19-20,33H,11-13H2,1-4H3,(H3,28,30,31,32). The summed E-state index contributed by atoms with van der Waals surface area (Å²) < 4.78 is 5.94. The Balaban J connectivity index is 1.59. The average Bonchev–Trinajstić information content (AvgIpc) is 3.31. The summed E-state index contributed by atoms with van der Waals surface area (Å²) in [6.45, 7) is 8.96. The number of nitrogen functional groups attached to an aromatic ring is 1. The zero-order valence-electron chi connectivity index (χ0n) is 20.5. The molecule has 2 aromatic heterocycles. The van der Waals surface area contributed by atoms with Crippen LogP contribution in [0.5, 0.6) is 0 Å². The first-order chi connectivity index (χ1) is 16.8. The van der Waals surface area contributed by atoms with E-state index in [-0.39, 0.29) is 29.7 Å². The Morgan fingerprint density at radius 1 is 1.23 bits per heavy atom. The number of nitrogens with one attached hydrogen (secondary N) is 1. The molecule has 1 saturated carbocycles. The van der Waals surface area contributed by atoms with E-state index in [1.54, 1.807) is 0 Å². The number of hydrogen-bond donors (Lipinski definition) is 3. The Kier molecular flexibility index (Phi) is 7.94. The maximum absolute atomic E-state index is 9.75. The number of allylic oxidation sites excluding steroid dienone is 1. The number of anilines is 2. The number of aromatic nitrogens is 3. The molecule has 4 N–H and O–H groups in total. The van der Waals surface area contributed by atoms with E-state index in [9.17, 15) is 5.11 Å². The molecular formula is C26H32ClN5O2S. The van der Waals surface area contributed by atoms with Crippen LogP contribution in [0.1, 0.15) is 43.3 Å². The first-order valence-corrected chi connectivity index (χ1v) is 13.0. The highest BCUT2D eigenvalue weighted by Crippen LogP contribution is 2.42. The number of halogens is 1. The van der Waals surface area contributed by atoms with Crippen molar-refractivity contribution in [3.8, 4) is 10.6 Å². The van der Waals surface area contributed by atoms with Crippen LogP contribution >= 0.6 is 22.9 Å². The second-order valence-corrected chi connectivity index (χ2v) is 10.6. The van der Waals surface area contributed by atoms with Crippen LogP contribution in [0.15, 0.2) is 36.1 Å². The number of hydrogen-bond acceptors (Lipinski definition) is 8. The fraction of sp³-hybridized carbons (Fsp3) is 0.423. The molecule has 1 fully saturated rings. The highest BCUT2D eigenvalue weighted by molar-refractivity contribution is 7.16. The summed E-state index contributed by atoms with van der Waals surface area (Å²) in [6, 6.07) is 10.2. The number of benzene rings is 1. The van der Waals surface area contributed by atoms with Crippen LogP contribution in [0.25, 0.3) is 16.6 Å². The number of rotatable bonds is 8. The maximum Gasteiger partial charge on any atom is 0.223 e. The molecule has 0 aliphatic heterocycles. The summed E-state index contributed by atoms with van der Waals surface area (Å²) in [5.74, 6) is 2.49. The summed E-state index contributed by atoms with van der Waals surface area (Å²) in [5, 5.41) is 14.3. The lowest BCUT2D eigenvalue weighted by atomic mass is 9.92. The van der Waals surface area contributed by atoms with Gasteiger partial charge < -0.3 is 20.9 Å². The van der Waals surface area contributed by atoms with E-state index in [1.165, 1.54) is 11.3 Å². The molecule has 7 nitrogen and oxygen atoms in total. The van der Waals surface area contributed by atoms with Crippen LogP contribution in [0.4, 0.5) is 11.8 Å². The Labute approximate surface area is 215 Å². The predicted molar refractivity (Wildman–Crippen MR) is 143 cm³/mol. The third kappa shape index (κ3) is 5.77. The molecule has 35 heavy (non-hydrogen) atoms. The molecular weight excluding hydrogens is 482 g/mol. The van der Waals surface area contributed by atoms with Crippen molar-refractivity contribution in [2.45, 2.75) is 46.8 Å². The number of thiazole rings is 1. The molecule has 9 heteroatoms. The Morgan fingerprint density at radius 3 is 2.66 bits per heavy atom. The normalized spacial score (nSPS) is 22.4. The van der Waals surface area contributed by atoms with Crippen molar-refractivity contribution in [1.82, 2.24) is 15.0 Å². The lowest BCUT2D eigenvalue weighted by Gasteiger charge is -2.22. The molecule has 0 spiro atoms. The topological polar surface area (TPSA) is 106 Å². The number of aliphatic hydroxyl groups excluding tert-OH is 1. The molecule has 0 saturated heterocycles. The third-order valence-corrected chi connectivity index (χ3v) is 8.29. The predicted octanol–water partition coefficient (Wildman–Crippen LogP) is 5.79. The second kappa shape index (κ2) is 10.9. The van der Waals surface area contributed by atoms with Gasteiger partial charge in [0.25, 0.3) is 0 Å². The minimum Gasteiger partial charge on any atom is -0.494 e. The SMILES string of the molecule is CC(=Cc1sc(-c2c(Cl)nc(N)nc2NC2CC(CO)C(C)C2C)nc1C)OCc1ccccc1. The fourth-order valence-electron chi connectivity index (χ4n) is 4.55. The quantitative estimate of drug-likeness (QED) is 0.258. The minimum absolute atomic E-state index is 0.109. The van der Waals surface area contributed by atoms with Gasteiger partial charge in [-0.25, -0.2) is 9.97 Å². The Hall–Kier alpha value is -2.68. The van der Waals surface area contributed by atoms with Gasteiger partial charge in [0.15, 0.2) is 0 Å². The Morgan fingerprint density at radius 2 is 1.97 bits per heavy atom. The first-order valence-electron chi connectivity index (χ1n) is 11.8. The molecule has 4 unspecified atom stereocenters. The molecule has 2 heterocycles. The number of nitrogens with zero attached hydrogens (tertiary/aromatic N) is 3. The van der Waals surface area contributed by atoms with E-state index >= 15 is 0 Å². The van der Waals surface area contributed by atoms with Gasteiger partial charge in [0.05, 0.1) is 21.9 Å². The molecule has 1 aromatic carbocycles. The molecule has 1 aliphatic carbocycles. The molecule has 4 atom stereocenters. The fourth-order valence-corrected chi connectivity index (χ4v) is 5.97. The number of nitrogens with two attached hydrogens (primary N) is 1. The summed E-state index contributed by atoms with van der Waals surface area (Å²) in [4.78, 5) is 14.4. The maximum atomic E-state index is 9.75. The van der Waals surface area contributed by atoms with Gasteiger partial charge in [0.1, 0.15) is 22.6 Å². The lowest BCUT2D eigenvalue weighted by Crippen LogP contribution is -2.25. The number of ether oxygens (including phenoxy) is 1. The summed E-state index contributed by atoms with van der Waals surface area (Å²) >= 11 is 8.08. The monoisotopic (exact) mass is 513 g/mol. The van der Waals surface area contributed by atoms with Gasteiger partial charge >= 0.3 is 0 Å². The van der Waals surface area contributed by atoms with Crippen LogP contribution in [-0.4, -0.2) is 32.7 Å². The van der Waals surface area contributed by atoms with Crippen LogP contribution in [0.2, 0.25) is 5.15 Å². The molecule has 0 bridgehead atoms. The van der Waals surface area contributed by atoms with E-state index in [0.29, 0.717) is 29.8 Å². The lowest BCUT2D eigenvalue weighted by molar-refractivity contribution is 0.191. The first kappa shape index (κ1) is 25.4. The van der Waals surface area contributed by atoms with Crippen molar-refractivity contribution in [2.75, 3.05) is 17.7 Å². The van der Waals surface area contributed by atoms with Crippen LogP contribution in [0.3, 0.4) is 0 Å². The second-order valence-electron chi connectivity index (χ2n) is 9.24. The number of aryl methyl sites for hydroxylation is 1. The average molecular weight is 514 g/mol. The Bertz CT molecular complexity index is 1200. The highest BCUT2D eigenvalue weighted by atomic mass is 35.5. The molecule has 3 aromatic rings. The van der Waals surface area contributed by atoms with E-state index < -0.39 is 0 Å². The smallest absolute Gasteiger partial charge is 0.223 e. The van der Waals surface area contributed by atoms with Crippen molar-refractivity contribution < 1.29 is 9.84 Å². The van der Waals surface area contributed by atoms with Gasteiger partial charge in [-0.15, -0.1) is 11.3 Å². The van der Waals surface area contributed by atoms with Gasteiger partial charge in [-0.05, 0) is 49.7 Å². The summed E-state index contributed by atoms with van der Waals surface area (Å²) in [7, 11) is 0. The van der Waals surface area contributed by atoms with Crippen molar-refractivity contribution >= 4 is 40.8 Å². The van der Waals surface area contributed by atoms with Crippen LogP contribution < -0.4 is 11.1 Å². The van der Waals surface area contributed by atoms with Gasteiger partial charge in [-0.1, -0.05) is 55.8 Å². The molecule has 0 amide bonds. The van der Waals surface area contributed by atoms with Crippen LogP contribution in [-0.2, 0) is 11.3 Å². The minimum atomic E-state index is 0.109. The van der Waals surface area contributed by atoms with Gasteiger partial charge in [-0.3, -0.25) is 0 Å². The van der Waals surface area contributed by atoms with E-state index in [1.807, 2.05) is 50.3 Å². The molecule has 0 radical (unpaired) electrons. The summed E-state index contributed by atoms with van der Waals surface area (Å²) in [6.07, 6.45) is 2.84. The number of aliphatic hydroxyl groups is 1. The van der Waals surface area contributed by atoms with Gasteiger partial charge in [0, 0.05) is 12.6 Å². The summed E-state index contributed by atoms with van der Waals surface area (Å²) in [5.41, 5.74) is 8.57. The van der Waals surface area contributed by atoms with E-state index in [0.717, 1.165) is 33.3 Å². The van der Waals surface area contributed by atoms with Crippen LogP contribution in [0, 0.1) is 24.7 Å². The van der Waals surface area contributed by atoms with Crippen molar-refractivity contribution in [1.29, 1.82) is 0 Å². The zero-order valence-corrected chi connectivity index (χ0v) is 22.0. The van der Waals surface area contributed by atoms with Crippen molar-refractivity contribution in [3.63, 3.8) is 0 Å². The molecule has 1 aliphatic rings. The molecule has 4 rings (SSSR count). The highest BCUT2D eigenvalue weighted by Gasteiger charge is 2.38. The van der Waals surface area contributed by atoms with Gasteiger partial charge in [0.2, 0.25) is 5.95 Å². The van der Waals surface area contributed by atoms with E-state index in [2.05, 4.69) is 29.1 Å². The molecule has 186 valence electrons. The van der Waals surface area contributed by atoms with Gasteiger partial charge in [-0.2, -0.15) is 4.98 Å². The van der Waals surface area contributed by atoms with Crippen molar-refractivity contribution in [2.24, 2.45) is 17.8 Å². The van der Waals surface area contributed by atoms with Crippen molar-refractivity contribution in [3.05, 3.63) is 57.4 Å². The van der Waals surface area contributed by atoms with E-state index in [4.69, 9.17) is 27.1 Å². The largest absolute Gasteiger partial charge is 0.494 e.